The van der Waals surface area contributed by atoms with Gasteiger partial charge in [0.15, 0.2) is 0 Å². The molecule has 0 aromatic heterocycles. The SMILES string of the molecule is CCCC1NNCC1C(=O)N1CCCN(C2Cc3ccccc3C2)CC1. The summed E-state index contributed by atoms with van der Waals surface area (Å²) in [6.07, 6.45) is 5.59. The van der Waals surface area contributed by atoms with Gasteiger partial charge in [0, 0.05) is 44.8 Å². The Balaban J connectivity index is 1.34. The van der Waals surface area contributed by atoms with Gasteiger partial charge in [-0.2, -0.15) is 0 Å². The Morgan fingerprint density at radius 3 is 2.62 bits per heavy atom. The number of hydrogen-bond donors (Lipinski definition) is 2. The molecule has 2 heterocycles. The first-order valence-electron chi connectivity index (χ1n) is 10.3. The fraction of sp³-hybridized carbons (Fsp3) is 0.667. The molecule has 5 nitrogen and oxygen atoms in total. The molecule has 142 valence electrons. The molecule has 0 bridgehead atoms. The van der Waals surface area contributed by atoms with E-state index >= 15 is 0 Å². The lowest BCUT2D eigenvalue weighted by molar-refractivity contribution is -0.135. The standard InChI is InChI=1S/C21H32N4O/c1-2-6-20-19(15-22-23-20)21(26)25-10-5-9-24(11-12-25)18-13-16-7-3-4-8-17(16)14-18/h3-4,7-8,18-20,22-23H,2,5-6,9-15H2,1H3. The van der Waals surface area contributed by atoms with Crippen molar-refractivity contribution >= 4 is 5.91 Å². The van der Waals surface area contributed by atoms with Gasteiger partial charge in [-0.1, -0.05) is 37.6 Å². The number of carbonyl (C=O) groups is 1. The number of fused-ring (bicyclic) bond motifs is 1. The van der Waals surface area contributed by atoms with Crippen LogP contribution < -0.4 is 10.9 Å². The third-order valence-electron chi connectivity index (χ3n) is 6.40. The zero-order valence-electron chi connectivity index (χ0n) is 15.9. The molecule has 26 heavy (non-hydrogen) atoms. The normalized spacial score (nSPS) is 27.5. The summed E-state index contributed by atoms with van der Waals surface area (Å²) in [6, 6.07) is 9.76. The minimum atomic E-state index is 0.0947. The molecule has 0 spiro atoms. The Morgan fingerprint density at radius 2 is 1.88 bits per heavy atom. The maximum Gasteiger partial charge on any atom is 0.228 e. The van der Waals surface area contributed by atoms with Gasteiger partial charge in [0.25, 0.3) is 0 Å². The second kappa shape index (κ2) is 8.07. The highest BCUT2D eigenvalue weighted by molar-refractivity contribution is 5.80. The van der Waals surface area contributed by atoms with E-state index in [1.807, 2.05) is 0 Å². The molecule has 2 aliphatic heterocycles. The largest absolute Gasteiger partial charge is 0.341 e. The molecule has 2 unspecified atom stereocenters. The lowest BCUT2D eigenvalue weighted by Gasteiger charge is -2.28. The first-order chi connectivity index (χ1) is 12.8. The van der Waals surface area contributed by atoms with Gasteiger partial charge in [-0.3, -0.25) is 20.5 Å². The molecular formula is C21H32N4O. The average molecular weight is 357 g/mol. The lowest BCUT2D eigenvalue weighted by atomic mass is 9.96. The van der Waals surface area contributed by atoms with Crippen LogP contribution in [0.2, 0.25) is 0 Å². The summed E-state index contributed by atoms with van der Waals surface area (Å²) in [5.74, 6) is 0.440. The molecule has 2 N–H and O–H groups in total. The van der Waals surface area contributed by atoms with E-state index in [2.05, 4.69) is 51.8 Å². The molecule has 2 saturated heterocycles. The Morgan fingerprint density at radius 1 is 1.12 bits per heavy atom. The molecule has 0 saturated carbocycles. The van der Waals surface area contributed by atoms with Crippen LogP contribution in [0.3, 0.4) is 0 Å². The number of nitrogens with one attached hydrogen (secondary N) is 2. The Labute approximate surface area is 157 Å². The van der Waals surface area contributed by atoms with Crippen LogP contribution in [0.1, 0.15) is 37.3 Å². The van der Waals surface area contributed by atoms with Crippen molar-refractivity contribution in [1.29, 1.82) is 0 Å². The zero-order chi connectivity index (χ0) is 17.9. The van der Waals surface area contributed by atoms with E-state index in [1.54, 1.807) is 0 Å². The van der Waals surface area contributed by atoms with Crippen molar-refractivity contribution in [2.24, 2.45) is 5.92 Å². The van der Waals surface area contributed by atoms with E-state index in [1.165, 1.54) is 24.0 Å². The number of carbonyl (C=O) groups excluding carboxylic acids is 1. The van der Waals surface area contributed by atoms with E-state index in [4.69, 9.17) is 0 Å². The maximum atomic E-state index is 13.1. The van der Waals surface area contributed by atoms with E-state index < -0.39 is 0 Å². The second-order valence-corrected chi connectivity index (χ2v) is 8.07. The van der Waals surface area contributed by atoms with Crippen molar-refractivity contribution in [1.82, 2.24) is 20.7 Å². The Hall–Kier alpha value is -1.43. The summed E-state index contributed by atoms with van der Waals surface area (Å²) >= 11 is 0. The third kappa shape index (κ3) is 3.66. The van der Waals surface area contributed by atoms with Crippen molar-refractivity contribution in [3.05, 3.63) is 35.4 Å². The van der Waals surface area contributed by atoms with Gasteiger partial charge in [-0.15, -0.1) is 0 Å². The molecule has 5 heteroatoms. The summed E-state index contributed by atoms with van der Waals surface area (Å²) in [6.45, 7) is 6.86. The van der Waals surface area contributed by atoms with Crippen LogP contribution in [0.15, 0.2) is 24.3 Å². The summed E-state index contributed by atoms with van der Waals surface area (Å²) in [5.41, 5.74) is 9.53. The number of hydrazine groups is 1. The number of amides is 1. The van der Waals surface area contributed by atoms with Gasteiger partial charge < -0.3 is 4.90 Å². The maximum absolute atomic E-state index is 13.1. The first-order valence-corrected chi connectivity index (χ1v) is 10.3. The smallest absolute Gasteiger partial charge is 0.228 e. The molecule has 3 aliphatic rings. The highest BCUT2D eigenvalue weighted by atomic mass is 16.2. The van der Waals surface area contributed by atoms with Gasteiger partial charge >= 0.3 is 0 Å². The number of nitrogens with zero attached hydrogens (tertiary/aromatic N) is 2. The van der Waals surface area contributed by atoms with E-state index in [9.17, 15) is 4.79 Å². The number of benzene rings is 1. The van der Waals surface area contributed by atoms with E-state index in [-0.39, 0.29) is 12.0 Å². The second-order valence-electron chi connectivity index (χ2n) is 8.07. The first kappa shape index (κ1) is 18.0. The topological polar surface area (TPSA) is 47.6 Å². The lowest BCUT2D eigenvalue weighted by Crippen LogP contribution is -2.44. The molecule has 1 aromatic carbocycles. The minimum Gasteiger partial charge on any atom is -0.341 e. The van der Waals surface area contributed by atoms with Crippen LogP contribution in [0.25, 0.3) is 0 Å². The number of hydrogen-bond acceptors (Lipinski definition) is 4. The highest BCUT2D eigenvalue weighted by Gasteiger charge is 2.36. The van der Waals surface area contributed by atoms with Crippen LogP contribution in [0.5, 0.6) is 0 Å². The molecule has 0 radical (unpaired) electrons. The quantitative estimate of drug-likeness (QED) is 0.860. The fourth-order valence-corrected chi connectivity index (χ4v) is 4.94. The molecule has 1 amide bonds. The third-order valence-corrected chi connectivity index (χ3v) is 6.40. The highest BCUT2D eigenvalue weighted by Crippen LogP contribution is 2.26. The minimum absolute atomic E-state index is 0.0947. The fourth-order valence-electron chi connectivity index (χ4n) is 4.94. The van der Waals surface area contributed by atoms with Crippen molar-refractivity contribution in [2.75, 3.05) is 32.7 Å². The van der Waals surface area contributed by atoms with Gasteiger partial charge in [-0.05, 0) is 36.8 Å². The average Bonchev–Trinajstić information content (AvgIpc) is 3.22. The zero-order valence-corrected chi connectivity index (χ0v) is 15.9. The van der Waals surface area contributed by atoms with Crippen molar-refractivity contribution in [3.8, 4) is 0 Å². The summed E-state index contributed by atoms with van der Waals surface area (Å²) in [5, 5.41) is 0. The summed E-state index contributed by atoms with van der Waals surface area (Å²) in [7, 11) is 0. The van der Waals surface area contributed by atoms with Gasteiger partial charge in [0.1, 0.15) is 0 Å². The van der Waals surface area contributed by atoms with Crippen LogP contribution in [0.4, 0.5) is 0 Å². The molecule has 2 fully saturated rings. The molecule has 2 atom stereocenters. The summed E-state index contributed by atoms with van der Waals surface area (Å²) in [4.78, 5) is 17.8. The molecule has 4 rings (SSSR count). The van der Waals surface area contributed by atoms with Crippen LogP contribution in [-0.2, 0) is 17.6 Å². The van der Waals surface area contributed by atoms with Crippen LogP contribution in [-0.4, -0.2) is 60.5 Å². The number of rotatable bonds is 4. The monoisotopic (exact) mass is 356 g/mol. The predicted molar refractivity (Wildman–Crippen MR) is 104 cm³/mol. The predicted octanol–water partition coefficient (Wildman–Crippen LogP) is 1.58. The Bertz CT molecular complexity index is 609. The molecular weight excluding hydrogens is 324 g/mol. The molecule has 1 aliphatic carbocycles. The van der Waals surface area contributed by atoms with Gasteiger partial charge in [0.05, 0.1) is 5.92 Å². The van der Waals surface area contributed by atoms with Gasteiger partial charge in [-0.25, -0.2) is 0 Å². The molecule has 1 aromatic rings. The van der Waals surface area contributed by atoms with Crippen LogP contribution >= 0.6 is 0 Å². The summed E-state index contributed by atoms with van der Waals surface area (Å²) < 4.78 is 0. The van der Waals surface area contributed by atoms with Crippen molar-refractivity contribution in [3.63, 3.8) is 0 Å². The van der Waals surface area contributed by atoms with Crippen molar-refractivity contribution in [2.45, 2.75) is 51.1 Å². The van der Waals surface area contributed by atoms with Crippen LogP contribution in [0, 0.1) is 5.92 Å². The van der Waals surface area contributed by atoms with Gasteiger partial charge in [0.2, 0.25) is 5.91 Å². The van der Waals surface area contributed by atoms with Crippen molar-refractivity contribution < 1.29 is 4.79 Å². The van der Waals surface area contributed by atoms with E-state index in [0.29, 0.717) is 11.9 Å². The van der Waals surface area contributed by atoms with E-state index in [0.717, 1.165) is 52.0 Å². The Kier molecular flexibility index (Phi) is 5.57.